The fourth-order valence-electron chi connectivity index (χ4n) is 0.748. The minimum Gasteiger partial charge on any atom is -0.206 e. The second-order valence-electron chi connectivity index (χ2n) is 2.21. The van der Waals surface area contributed by atoms with Crippen LogP contribution in [0.1, 0.15) is 5.56 Å². The van der Waals surface area contributed by atoms with Crippen molar-refractivity contribution < 1.29 is 8.87 Å². The molecule has 0 aliphatic heterocycles. The lowest BCUT2D eigenvalue weighted by Crippen LogP contribution is -1.89. The molecule has 5 heteroatoms. The van der Waals surface area contributed by atoms with Gasteiger partial charge in [-0.3, -0.25) is 0 Å². The summed E-state index contributed by atoms with van der Waals surface area (Å²) < 4.78 is 24.5. The molecule has 0 saturated heterocycles. The maximum Gasteiger partial charge on any atom is 0.138 e. The van der Waals surface area contributed by atoms with Gasteiger partial charge in [0, 0.05) is 5.02 Å². The lowest BCUT2D eigenvalue weighted by molar-refractivity contribution is 0.464. The monoisotopic (exact) mass is 209 g/mol. The van der Waals surface area contributed by atoms with Crippen LogP contribution in [0.3, 0.4) is 0 Å². The van der Waals surface area contributed by atoms with Crippen molar-refractivity contribution in [1.29, 1.82) is 0 Å². The highest BCUT2D eigenvalue weighted by atomic mass is 35.5. The average molecular weight is 210 g/mol. The van der Waals surface area contributed by atoms with Gasteiger partial charge in [0.15, 0.2) is 0 Å². The Morgan fingerprint density at radius 3 is 2.75 bits per heavy atom. The molecule has 0 fully saturated rings. The highest BCUT2D eigenvalue weighted by Gasteiger charge is 2.06. The Morgan fingerprint density at radius 1 is 1.50 bits per heavy atom. The molecule has 1 N–H and O–H groups in total. The summed E-state index contributed by atoms with van der Waals surface area (Å²) in [7, 11) is 0. The van der Waals surface area contributed by atoms with E-state index in [4.69, 9.17) is 11.6 Å². The SMILES string of the molecule is Cc1cc(F)c(SNF)cc1Cl. The number of aryl methyl sites for hydroxylation is 1. The molecule has 1 aromatic rings. The van der Waals surface area contributed by atoms with Crippen molar-refractivity contribution in [3.05, 3.63) is 28.5 Å². The Hall–Kier alpha value is -0.320. The van der Waals surface area contributed by atoms with Gasteiger partial charge in [-0.05, 0) is 36.6 Å². The largest absolute Gasteiger partial charge is 0.206 e. The van der Waals surface area contributed by atoms with Crippen LogP contribution in [-0.4, -0.2) is 0 Å². The average Bonchev–Trinajstić information content (AvgIpc) is 2.01. The molecular weight excluding hydrogens is 204 g/mol. The van der Waals surface area contributed by atoms with Gasteiger partial charge in [0.2, 0.25) is 0 Å². The van der Waals surface area contributed by atoms with Crippen molar-refractivity contribution in [2.75, 3.05) is 0 Å². The Labute approximate surface area is 78.2 Å². The maximum atomic E-state index is 12.9. The zero-order valence-electron chi connectivity index (χ0n) is 6.20. The second-order valence-corrected chi connectivity index (χ2v) is 3.42. The molecule has 0 aromatic heterocycles. The first-order valence-electron chi connectivity index (χ1n) is 3.13. The lowest BCUT2D eigenvalue weighted by atomic mass is 10.2. The van der Waals surface area contributed by atoms with Gasteiger partial charge in [0.05, 0.1) is 4.90 Å². The molecule has 1 aromatic carbocycles. The van der Waals surface area contributed by atoms with Gasteiger partial charge < -0.3 is 0 Å². The molecule has 1 nitrogen and oxygen atoms in total. The first kappa shape index (κ1) is 9.77. The maximum absolute atomic E-state index is 12.9. The van der Waals surface area contributed by atoms with Crippen molar-refractivity contribution in [2.45, 2.75) is 11.8 Å². The molecular formula is C7H6ClF2NS. The molecule has 0 heterocycles. The molecule has 12 heavy (non-hydrogen) atoms. The zero-order chi connectivity index (χ0) is 9.14. The number of benzene rings is 1. The number of nitrogens with one attached hydrogen (secondary N) is 1. The first-order valence-corrected chi connectivity index (χ1v) is 4.32. The first-order chi connectivity index (χ1) is 5.65. The normalized spacial score (nSPS) is 10.3. The molecule has 0 unspecified atom stereocenters. The minimum absolute atomic E-state index is 0.146. The van der Waals surface area contributed by atoms with Crippen LogP contribution in [0.25, 0.3) is 0 Å². The highest BCUT2D eigenvalue weighted by molar-refractivity contribution is 7.97. The van der Waals surface area contributed by atoms with Gasteiger partial charge in [0.1, 0.15) is 5.82 Å². The van der Waals surface area contributed by atoms with Crippen LogP contribution in [0.2, 0.25) is 5.02 Å². The van der Waals surface area contributed by atoms with Crippen LogP contribution in [0.5, 0.6) is 0 Å². The van der Waals surface area contributed by atoms with E-state index in [9.17, 15) is 8.87 Å². The van der Waals surface area contributed by atoms with Crippen molar-refractivity contribution in [1.82, 2.24) is 4.94 Å². The van der Waals surface area contributed by atoms with E-state index in [0.29, 0.717) is 22.5 Å². The summed E-state index contributed by atoms with van der Waals surface area (Å²) in [5.74, 6) is -0.480. The molecule has 66 valence electrons. The van der Waals surface area contributed by atoms with E-state index in [2.05, 4.69) is 0 Å². The number of hydrogen-bond acceptors (Lipinski definition) is 2. The molecule has 0 radical (unpaired) electrons. The molecule has 0 saturated carbocycles. The number of rotatable bonds is 2. The van der Waals surface area contributed by atoms with Crippen LogP contribution >= 0.6 is 23.5 Å². The van der Waals surface area contributed by atoms with E-state index in [1.54, 1.807) is 6.92 Å². The van der Waals surface area contributed by atoms with Gasteiger partial charge in [-0.2, -0.15) is 0 Å². The van der Waals surface area contributed by atoms with Crippen LogP contribution in [0, 0.1) is 12.7 Å². The fourth-order valence-corrected chi connectivity index (χ4v) is 1.39. The summed E-state index contributed by atoms with van der Waals surface area (Å²) in [6.07, 6.45) is 0. The van der Waals surface area contributed by atoms with E-state index in [1.807, 2.05) is 0 Å². The van der Waals surface area contributed by atoms with Crippen molar-refractivity contribution >= 4 is 23.5 Å². The summed E-state index contributed by atoms with van der Waals surface area (Å²) in [6, 6.07) is 2.64. The van der Waals surface area contributed by atoms with E-state index in [1.165, 1.54) is 17.1 Å². The Morgan fingerprint density at radius 2 is 2.17 bits per heavy atom. The molecule has 0 aliphatic carbocycles. The summed E-state index contributed by atoms with van der Waals surface area (Å²) in [4.78, 5) is 1.44. The molecule has 0 amide bonds. The van der Waals surface area contributed by atoms with Crippen molar-refractivity contribution in [3.8, 4) is 0 Å². The Bertz CT molecular complexity index is 293. The number of halogens is 3. The highest BCUT2D eigenvalue weighted by Crippen LogP contribution is 2.25. The van der Waals surface area contributed by atoms with Crippen LogP contribution < -0.4 is 4.94 Å². The third-order valence-corrected chi connectivity index (χ3v) is 2.38. The van der Waals surface area contributed by atoms with E-state index < -0.39 is 5.82 Å². The minimum atomic E-state index is -0.480. The van der Waals surface area contributed by atoms with Gasteiger partial charge in [-0.15, -0.1) is 4.48 Å². The van der Waals surface area contributed by atoms with Crippen LogP contribution in [0.15, 0.2) is 17.0 Å². The zero-order valence-corrected chi connectivity index (χ0v) is 7.77. The molecule has 0 bridgehead atoms. The van der Waals surface area contributed by atoms with Crippen LogP contribution in [0.4, 0.5) is 8.87 Å². The topological polar surface area (TPSA) is 12.0 Å². The fraction of sp³-hybridized carbons (Fsp3) is 0.143. The number of hydrogen-bond donors (Lipinski definition) is 1. The standard InChI is InChI=1S/C7H6ClF2NS/c1-4-2-6(9)7(12-11-10)3-5(4)8/h2-3,11H,1H3. The lowest BCUT2D eigenvalue weighted by Gasteiger charge is -2.02. The predicted molar refractivity (Wildman–Crippen MR) is 46.2 cm³/mol. The smallest absolute Gasteiger partial charge is 0.138 e. The summed E-state index contributed by atoms with van der Waals surface area (Å²) >= 11 is 6.24. The quantitative estimate of drug-likeness (QED) is 0.593. The molecule has 0 spiro atoms. The second kappa shape index (κ2) is 4.07. The third-order valence-electron chi connectivity index (χ3n) is 1.36. The van der Waals surface area contributed by atoms with E-state index >= 15 is 0 Å². The Balaban J connectivity index is 3.05. The summed E-state index contributed by atoms with van der Waals surface area (Å²) in [5, 5.41) is 0.425. The van der Waals surface area contributed by atoms with Gasteiger partial charge >= 0.3 is 0 Å². The summed E-state index contributed by atoms with van der Waals surface area (Å²) in [6.45, 7) is 1.68. The molecule has 0 aliphatic rings. The van der Waals surface area contributed by atoms with Gasteiger partial charge in [0.25, 0.3) is 0 Å². The molecule has 0 atom stereocenters. The van der Waals surface area contributed by atoms with Crippen molar-refractivity contribution in [3.63, 3.8) is 0 Å². The predicted octanol–water partition coefficient (Wildman–Crippen LogP) is 3.27. The van der Waals surface area contributed by atoms with Gasteiger partial charge in [-0.25, -0.2) is 4.39 Å². The van der Waals surface area contributed by atoms with E-state index in [-0.39, 0.29) is 4.90 Å². The summed E-state index contributed by atoms with van der Waals surface area (Å²) in [5.41, 5.74) is 0.636. The molecule has 1 rings (SSSR count). The Kier molecular flexibility index (Phi) is 3.31. The van der Waals surface area contributed by atoms with Crippen LogP contribution in [-0.2, 0) is 0 Å². The van der Waals surface area contributed by atoms with Gasteiger partial charge in [-0.1, -0.05) is 16.5 Å². The van der Waals surface area contributed by atoms with Crippen molar-refractivity contribution in [2.24, 2.45) is 0 Å². The third kappa shape index (κ3) is 2.09. The van der Waals surface area contributed by atoms with E-state index in [0.717, 1.165) is 0 Å².